The molecule has 0 saturated carbocycles. The number of nitrogens with two attached hydrogens (primary N) is 1. The van der Waals surface area contributed by atoms with Gasteiger partial charge in [0.2, 0.25) is 0 Å². The highest BCUT2D eigenvalue weighted by atomic mass is 16.5. The van der Waals surface area contributed by atoms with E-state index in [1.807, 2.05) is 36.4 Å². The van der Waals surface area contributed by atoms with Crippen LogP contribution >= 0.6 is 0 Å². The standard InChI is InChI=1S/C15H18N2O2/c16-13-6-7-15(19-9-8-18)14(10-13)17-11-12-4-2-1-3-5-12/h1-7,10,17-18H,8-9,11,16H2. The Morgan fingerprint density at radius 2 is 1.89 bits per heavy atom. The highest BCUT2D eigenvalue weighted by molar-refractivity contribution is 5.63. The first-order valence-corrected chi connectivity index (χ1v) is 6.20. The summed E-state index contributed by atoms with van der Waals surface area (Å²) in [6, 6.07) is 15.5. The molecule has 0 atom stereocenters. The molecule has 0 fully saturated rings. The van der Waals surface area contributed by atoms with E-state index in [1.165, 1.54) is 5.56 Å². The zero-order chi connectivity index (χ0) is 13.5. The van der Waals surface area contributed by atoms with E-state index >= 15 is 0 Å². The van der Waals surface area contributed by atoms with Gasteiger partial charge in [0, 0.05) is 12.2 Å². The predicted octanol–water partition coefficient (Wildman–Crippen LogP) is 2.25. The summed E-state index contributed by atoms with van der Waals surface area (Å²) in [6.45, 7) is 0.951. The van der Waals surface area contributed by atoms with E-state index in [4.69, 9.17) is 15.6 Å². The van der Waals surface area contributed by atoms with Crippen molar-refractivity contribution in [1.82, 2.24) is 0 Å². The largest absolute Gasteiger partial charge is 0.489 e. The summed E-state index contributed by atoms with van der Waals surface area (Å²) in [7, 11) is 0. The number of nitrogen functional groups attached to an aromatic ring is 1. The summed E-state index contributed by atoms with van der Waals surface area (Å²) < 4.78 is 5.46. The molecular formula is C15H18N2O2. The van der Waals surface area contributed by atoms with Crippen molar-refractivity contribution in [3.63, 3.8) is 0 Å². The molecule has 0 aliphatic heterocycles. The molecule has 4 nitrogen and oxygen atoms in total. The molecule has 100 valence electrons. The normalized spacial score (nSPS) is 10.2. The van der Waals surface area contributed by atoms with Gasteiger partial charge >= 0.3 is 0 Å². The molecule has 0 amide bonds. The number of ether oxygens (including phenoxy) is 1. The van der Waals surface area contributed by atoms with Crippen molar-refractivity contribution >= 4 is 11.4 Å². The third-order valence-corrected chi connectivity index (χ3v) is 2.68. The average molecular weight is 258 g/mol. The molecule has 0 aliphatic rings. The fraction of sp³-hybridized carbons (Fsp3) is 0.200. The highest BCUT2D eigenvalue weighted by Crippen LogP contribution is 2.27. The van der Waals surface area contributed by atoms with Gasteiger partial charge in [0.05, 0.1) is 12.3 Å². The summed E-state index contributed by atoms with van der Waals surface area (Å²) in [6.07, 6.45) is 0. The Morgan fingerprint density at radius 3 is 2.63 bits per heavy atom. The van der Waals surface area contributed by atoms with Crippen molar-refractivity contribution < 1.29 is 9.84 Å². The third-order valence-electron chi connectivity index (χ3n) is 2.68. The van der Waals surface area contributed by atoms with E-state index in [-0.39, 0.29) is 13.2 Å². The van der Waals surface area contributed by atoms with Gasteiger partial charge in [-0.15, -0.1) is 0 Å². The average Bonchev–Trinajstić information content (AvgIpc) is 2.45. The van der Waals surface area contributed by atoms with E-state index in [0.29, 0.717) is 18.0 Å². The maximum absolute atomic E-state index is 8.81. The summed E-state index contributed by atoms with van der Waals surface area (Å²) >= 11 is 0. The van der Waals surface area contributed by atoms with Crippen molar-refractivity contribution in [2.75, 3.05) is 24.3 Å². The summed E-state index contributed by atoms with van der Waals surface area (Å²) in [5.41, 5.74) is 8.46. The minimum Gasteiger partial charge on any atom is -0.489 e. The number of hydrogen-bond donors (Lipinski definition) is 3. The molecule has 0 aromatic heterocycles. The van der Waals surface area contributed by atoms with Gasteiger partial charge in [-0.2, -0.15) is 0 Å². The summed E-state index contributed by atoms with van der Waals surface area (Å²) in [5, 5.41) is 12.1. The number of benzene rings is 2. The van der Waals surface area contributed by atoms with Crippen LogP contribution in [0.1, 0.15) is 5.56 Å². The monoisotopic (exact) mass is 258 g/mol. The van der Waals surface area contributed by atoms with Gasteiger partial charge in [-0.3, -0.25) is 0 Å². The lowest BCUT2D eigenvalue weighted by Crippen LogP contribution is -2.06. The molecule has 0 aliphatic carbocycles. The molecule has 2 rings (SSSR count). The minimum absolute atomic E-state index is 0.0114. The molecule has 0 heterocycles. The summed E-state index contributed by atoms with van der Waals surface area (Å²) in [4.78, 5) is 0. The van der Waals surface area contributed by atoms with Gasteiger partial charge in [-0.1, -0.05) is 30.3 Å². The Bertz CT molecular complexity index is 515. The molecule has 0 radical (unpaired) electrons. The SMILES string of the molecule is Nc1ccc(OCCO)c(NCc2ccccc2)c1. The molecular weight excluding hydrogens is 240 g/mol. The Morgan fingerprint density at radius 1 is 1.11 bits per heavy atom. The first kappa shape index (κ1) is 13.2. The quantitative estimate of drug-likeness (QED) is 0.695. The van der Waals surface area contributed by atoms with Crippen molar-refractivity contribution in [2.45, 2.75) is 6.54 Å². The van der Waals surface area contributed by atoms with Crippen LogP contribution < -0.4 is 15.8 Å². The maximum Gasteiger partial charge on any atom is 0.142 e. The Hall–Kier alpha value is -2.20. The smallest absolute Gasteiger partial charge is 0.142 e. The molecule has 0 unspecified atom stereocenters. The molecule has 0 bridgehead atoms. The molecule has 4 heteroatoms. The van der Waals surface area contributed by atoms with E-state index in [9.17, 15) is 0 Å². The van der Waals surface area contributed by atoms with Crippen LogP contribution in [0.2, 0.25) is 0 Å². The Labute approximate surface area is 112 Å². The van der Waals surface area contributed by atoms with E-state index in [1.54, 1.807) is 12.1 Å². The van der Waals surface area contributed by atoms with Crippen molar-refractivity contribution in [2.24, 2.45) is 0 Å². The number of aliphatic hydroxyl groups is 1. The van der Waals surface area contributed by atoms with Gasteiger partial charge in [0.25, 0.3) is 0 Å². The zero-order valence-corrected chi connectivity index (χ0v) is 10.7. The number of aliphatic hydroxyl groups excluding tert-OH is 1. The zero-order valence-electron chi connectivity index (χ0n) is 10.7. The van der Waals surface area contributed by atoms with E-state index in [0.717, 1.165) is 5.69 Å². The molecule has 2 aromatic rings. The number of hydrogen-bond acceptors (Lipinski definition) is 4. The van der Waals surface area contributed by atoms with Crippen molar-refractivity contribution in [1.29, 1.82) is 0 Å². The first-order valence-electron chi connectivity index (χ1n) is 6.20. The molecule has 4 N–H and O–H groups in total. The fourth-order valence-corrected chi connectivity index (χ4v) is 1.76. The number of anilines is 2. The summed E-state index contributed by atoms with van der Waals surface area (Å²) in [5.74, 6) is 0.694. The van der Waals surface area contributed by atoms with Crippen LogP contribution in [0.25, 0.3) is 0 Å². The van der Waals surface area contributed by atoms with Crippen LogP contribution in [0.5, 0.6) is 5.75 Å². The molecule has 0 saturated heterocycles. The van der Waals surface area contributed by atoms with Crippen LogP contribution in [0.3, 0.4) is 0 Å². The van der Waals surface area contributed by atoms with Gasteiger partial charge in [0.1, 0.15) is 12.4 Å². The topological polar surface area (TPSA) is 67.5 Å². The number of rotatable bonds is 6. The van der Waals surface area contributed by atoms with E-state index in [2.05, 4.69) is 5.32 Å². The lowest BCUT2D eigenvalue weighted by molar-refractivity contribution is 0.202. The third kappa shape index (κ3) is 3.89. The van der Waals surface area contributed by atoms with Crippen molar-refractivity contribution in [3.8, 4) is 5.75 Å². The Balaban J connectivity index is 2.07. The first-order chi connectivity index (χ1) is 9.29. The lowest BCUT2D eigenvalue weighted by atomic mass is 10.2. The fourth-order valence-electron chi connectivity index (χ4n) is 1.76. The second-order valence-corrected chi connectivity index (χ2v) is 4.17. The lowest BCUT2D eigenvalue weighted by Gasteiger charge is -2.13. The molecule has 0 spiro atoms. The predicted molar refractivity (Wildman–Crippen MR) is 77.2 cm³/mol. The molecule has 19 heavy (non-hydrogen) atoms. The minimum atomic E-state index is -0.0114. The van der Waals surface area contributed by atoms with Crippen LogP contribution in [0.4, 0.5) is 11.4 Å². The van der Waals surface area contributed by atoms with Gasteiger partial charge in [-0.25, -0.2) is 0 Å². The second kappa shape index (κ2) is 6.66. The van der Waals surface area contributed by atoms with Crippen LogP contribution in [-0.2, 0) is 6.54 Å². The van der Waals surface area contributed by atoms with Gasteiger partial charge < -0.3 is 20.9 Å². The molecule has 2 aromatic carbocycles. The van der Waals surface area contributed by atoms with E-state index < -0.39 is 0 Å². The number of nitrogens with one attached hydrogen (secondary N) is 1. The van der Waals surface area contributed by atoms with Crippen LogP contribution in [0.15, 0.2) is 48.5 Å². The van der Waals surface area contributed by atoms with Crippen LogP contribution in [0, 0.1) is 0 Å². The van der Waals surface area contributed by atoms with Gasteiger partial charge in [0.15, 0.2) is 0 Å². The van der Waals surface area contributed by atoms with Crippen molar-refractivity contribution in [3.05, 3.63) is 54.1 Å². The maximum atomic E-state index is 8.81. The highest BCUT2D eigenvalue weighted by Gasteiger charge is 2.04. The van der Waals surface area contributed by atoms with Crippen LogP contribution in [-0.4, -0.2) is 18.3 Å². The Kier molecular flexibility index (Phi) is 4.64. The van der Waals surface area contributed by atoms with Gasteiger partial charge in [-0.05, 0) is 23.8 Å². The second-order valence-electron chi connectivity index (χ2n) is 4.17.